The average Bonchev–Trinajstić information content (AvgIpc) is 2.93. The molecule has 24 heavy (non-hydrogen) atoms. The van der Waals surface area contributed by atoms with E-state index in [1.54, 1.807) is 0 Å². The Morgan fingerprint density at radius 1 is 1.46 bits per heavy atom. The topological polar surface area (TPSA) is 128 Å². The van der Waals surface area contributed by atoms with Gasteiger partial charge in [-0.1, -0.05) is 25.2 Å². The van der Waals surface area contributed by atoms with Crippen molar-refractivity contribution in [2.75, 3.05) is 38.2 Å². The predicted molar refractivity (Wildman–Crippen MR) is 91.9 cm³/mol. The molecule has 1 fully saturated rings. The second kappa shape index (κ2) is 7.74. The number of thiophene rings is 1. The van der Waals surface area contributed by atoms with Crippen molar-refractivity contribution in [1.82, 2.24) is 4.90 Å². The zero-order valence-corrected chi connectivity index (χ0v) is 15.2. The third-order valence-electron chi connectivity index (χ3n) is 3.92. The van der Waals surface area contributed by atoms with Crippen LogP contribution in [0.15, 0.2) is 10.3 Å². The van der Waals surface area contributed by atoms with E-state index in [4.69, 9.17) is 9.88 Å². The number of nitrogens with zero attached hydrogens (tertiary/aromatic N) is 2. The highest BCUT2D eigenvalue weighted by molar-refractivity contribution is 7.91. The first kappa shape index (κ1) is 19.1. The van der Waals surface area contributed by atoms with Gasteiger partial charge in [-0.3, -0.25) is 15.0 Å². The van der Waals surface area contributed by atoms with Crippen molar-refractivity contribution in [3.8, 4) is 0 Å². The third kappa shape index (κ3) is 4.63. The Kier molecular flexibility index (Phi) is 6.15. The molecule has 0 spiro atoms. The molecule has 3 N–H and O–H groups in total. The van der Waals surface area contributed by atoms with Gasteiger partial charge in [0.1, 0.15) is 4.21 Å². The average molecular weight is 378 g/mol. The molecule has 0 aromatic carbocycles. The van der Waals surface area contributed by atoms with Crippen molar-refractivity contribution in [2.24, 2.45) is 11.1 Å². The van der Waals surface area contributed by atoms with Crippen LogP contribution in [0.2, 0.25) is 0 Å². The fraction of sp³-hybridized carbons (Fsp3) is 0.692. The van der Waals surface area contributed by atoms with E-state index >= 15 is 0 Å². The number of ether oxygens (including phenoxy) is 1. The molecule has 11 heteroatoms. The summed E-state index contributed by atoms with van der Waals surface area (Å²) in [6.45, 7) is 7.58. The van der Waals surface area contributed by atoms with Gasteiger partial charge in [-0.15, -0.1) is 0 Å². The minimum atomic E-state index is -3.97. The minimum absolute atomic E-state index is 0.161. The van der Waals surface area contributed by atoms with E-state index < -0.39 is 14.9 Å². The monoisotopic (exact) mass is 378 g/mol. The summed E-state index contributed by atoms with van der Waals surface area (Å²) < 4.78 is 28.0. The number of nitrogens with one attached hydrogen (secondary N) is 1. The fourth-order valence-electron chi connectivity index (χ4n) is 2.65. The van der Waals surface area contributed by atoms with E-state index in [-0.39, 0.29) is 20.9 Å². The first-order valence-electron chi connectivity index (χ1n) is 7.57. The largest absolute Gasteiger partial charge is 0.379 e. The summed E-state index contributed by atoms with van der Waals surface area (Å²) in [4.78, 5) is 12.8. The Morgan fingerprint density at radius 3 is 2.58 bits per heavy atom. The van der Waals surface area contributed by atoms with Gasteiger partial charge < -0.3 is 10.1 Å². The number of nitrogens with two attached hydrogens (primary N) is 1. The number of morpholine rings is 1. The number of hydrogen-bond acceptors (Lipinski definition) is 8. The molecular formula is C13H22N4O5S2. The number of anilines is 1. The first-order chi connectivity index (χ1) is 11.2. The molecule has 9 nitrogen and oxygen atoms in total. The molecule has 1 aromatic heterocycles. The Bertz CT molecular complexity index is 683. The Balaban J connectivity index is 2.16. The summed E-state index contributed by atoms with van der Waals surface area (Å²) >= 11 is 0.786. The first-order valence-corrected chi connectivity index (χ1v) is 9.93. The molecule has 1 aromatic rings. The van der Waals surface area contributed by atoms with E-state index in [2.05, 4.69) is 24.1 Å². The van der Waals surface area contributed by atoms with Crippen LogP contribution in [0.1, 0.15) is 13.8 Å². The molecule has 0 radical (unpaired) electrons. The molecule has 1 saturated heterocycles. The molecule has 2 heterocycles. The van der Waals surface area contributed by atoms with E-state index in [0.717, 1.165) is 30.5 Å². The van der Waals surface area contributed by atoms with Crippen LogP contribution in [-0.2, 0) is 14.8 Å². The van der Waals surface area contributed by atoms with E-state index in [1.807, 2.05) is 0 Å². The van der Waals surface area contributed by atoms with Crippen molar-refractivity contribution in [3.63, 3.8) is 0 Å². The quantitative estimate of drug-likeness (QED) is 0.536. The standard InChI is InChI=1S/C13H22N4O5S2/c1-9(2)11(16-3-5-22-6-4-16)8-15-13-10(17(18)19)7-12(23-13)24(14,20)21/h7,9,11,15H,3-6,8H2,1-2H3,(H2,14,20,21)/t11-/m1/s1. The molecule has 0 bridgehead atoms. The zero-order chi connectivity index (χ0) is 17.9. The summed E-state index contributed by atoms with van der Waals surface area (Å²) in [5, 5.41) is 19.5. The lowest BCUT2D eigenvalue weighted by molar-refractivity contribution is -0.383. The Labute approximate surface area is 145 Å². The summed E-state index contributed by atoms with van der Waals surface area (Å²) in [5.74, 6) is 0.326. The van der Waals surface area contributed by atoms with E-state index in [9.17, 15) is 18.5 Å². The third-order valence-corrected chi connectivity index (χ3v) is 6.43. The summed E-state index contributed by atoms with van der Waals surface area (Å²) in [6.07, 6.45) is 0. The van der Waals surface area contributed by atoms with Gasteiger partial charge in [0.15, 0.2) is 5.00 Å². The Hall–Kier alpha value is -1.27. The molecule has 0 saturated carbocycles. The SMILES string of the molecule is CC(C)[C@@H](CNc1sc(S(N)(=O)=O)cc1[N+](=O)[O-])N1CCOCC1. The number of sulfonamides is 1. The second-order valence-corrected chi connectivity index (χ2v) is 8.76. The lowest BCUT2D eigenvalue weighted by atomic mass is 10.0. The smallest absolute Gasteiger partial charge is 0.304 e. The van der Waals surface area contributed by atoms with Crippen LogP contribution in [0, 0.1) is 16.0 Å². The van der Waals surface area contributed by atoms with Crippen molar-refractivity contribution in [1.29, 1.82) is 0 Å². The minimum Gasteiger partial charge on any atom is -0.379 e. The van der Waals surface area contributed by atoms with Crippen LogP contribution in [0.25, 0.3) is 0 Å². The normalized spacial score (nSPS) is 17.8. The summed E-state index contributed by atoms with van der Waals surface area (Å²) in [6, 6.07) is 1.16. The van der Waals surface area contributed by atoms with Crippen molar-refractivity contribution in [2.45, 2.75) is 24.1 Å². The maximum Gasteiger partial charge on any atom is 0.304 e. The van der Waals surface area contributed by atoms with Crippen molar-refractivity contribution in [3.05, 3.63) is 16.2 Å². The van der Waals surface area contributed by atoms with Crippen molar-refractivity contribution >= 4 is 32.0 Å². The molecule has 1 atom stereocenters. The lowest BCUT2D eigenvalue weighted by Crippen LogP contribution is -2.49. The number of hydrogen-bond donors (Lipinski definition) is 2. The van der Waals surface area contributed by atoms with Gasteiger partial charge in [-0.25, -0.2) is 13.6 Å². The van der Waals surface area contributed by atoms with Gasteiger partial charge in [0.25, 0.3) is 0 Å². The van der Waals surface area contributed by atoms with Crippen molar-refractivity contribution < 1.29 is 18.1 Å². The van der Waals surface area contributed by atoms with Gasteiger partial charge in [-0.05, 0) is 5.92 Å². The van der Waals surface area contributed by atoms with E-state index in [0.29, 0.717) is 25.7 Å². The molecule has 0 aliphatic carbocycles. The highest BCUT2D eigenvalue weighted by atomic mass is 32.2. The van der Waals surface area contributed by atoms with Crippen LogP contribution < -0.4 is 10.5 Å². The second-order valence-electron chi connectivity index (χ2n) is 5.92. The highest BCUT2D eigenvalue weighted by Gasteiger charge is 2.27. The van der Waals surface area contributed by atoms with Gasteiger partial charge in [-0.2, -0.15) is 0 Å². The summed E-state index contributed by atoms with van der Waals surface area (Å²) in [7, 11) is -3.97. The maximum absolute atomic E-state index is 11.4. The molecule has 1 aliphatic heterocycles. The predicted octanol–water partition coefficient (Wildman–Crippen LogP) is 1.07. The maximum atomic E-state index is 11.4. The van der Waals surface area contributed by atoms with Gasteiger partial charge in [0.05, 0.1) is 18.1 Å². The number of nitro groups is 1. The van der Waals surface area contributed by atoms with Crippen LogP contribution >= 0.6 is 11.3 Å². The van der Waals surface area contributed by atoms with E-state index in [1.165, 1.54) is 0 Å². The van der Waals surface area contributed by atoms with Gasteiger partial charge >= 0.3 is 5.69 Å². The summed E-state index contributed by atoms with van der Waals surface area (Å²) in [5.41, 5.74) is -0.270. The highest BCUT2D eigenvalue weighted by Crippen LogP contribution is 2.36. The Morgan fingerprint density at radius 2 is 2.08 bits per heavy atom. The lowest BCUT2D eigenvalue weighted by Gasteiger charge is -2.36. The van der Waals surface area contributed by atoms with Gasteiger partial charge in [0.2, 0.25) is 10.0 Å². The molecule has 2 rings (SSSR count). The molecule has 0 amide bonds. The van der Waals surface area contributed by atoms with Crippen LogP contribution in [0.5, 0.6) is 0 Å². The molecule has 136 valence electrons. The van der Waals surface area contributed by atoms with Gasteiger partial charge in [0, 0.05) is 31.7 Å². The van der Waals surface area contributed by atoms with Crippen LogP contribution in [0.3, 0.4) is 0 Å². The fourth-order valence-corrected chi connectivity index (χ4v) is 4.41. The van der Waals surface area contributed by atoms with Crippen LogP contribution in [0.4, 0.5) is 10.7 Å². The number of primary sulfonamides is 1. The van der Waals surface area contributed by atoms with Crippen LogP contribution in [-0.4, -0.2) is 57.1 Å². The molecular weight excluding hydrogens is 356 g/mol. The molecule has 1 aliphatic rings. The zero-order valence-electron chi connectivity index (χ0n) is 13.6. The molecule has 0 unspecified atom stereocenters. The number of rotatable bonds is 7.